The minimum atomic E-state index is -1.43. The number of aliphatic hydroxyl groups excluding tert-OH is 1. The molecule has 0 radical (unpaired) electrons. The first-order valence-electron chi connectivity index (χ1n) is 10.1. The molecule has 13 nitrogen and oxygen atoms in total. The molecule has 0 aromatic heterocycles. The molecular weight excluding hydrogens is 472 g/mol. The van der Waals surface area contributed by atoms with Gasteiger partial charge in [0.05, 0.1) is 6.61 Å². The molecule has 1 aromatic rings. The van der Waals surface area contributed by atoms with Crippen molar-refractivity contribution in [2.24, 2.45) is 5.73 Å². The zero-order valence-corrected chi connectivity index (χ0v) is 18.9. The van der Waals surface area contributed by atoms with Crippen LogP contribution in [-0.4, -0.2) is 86.6 Å². The van der Waals surface area contributed by atoms with E-state index in [4.69, 9.17) is 15.9 Å². The lowest BCUT2D eigenvalue weighted by atomic mass is 10.0. The fourth-order valence-electron chi connectivity index (χ4n) is 2.70. The molecule has 0 saturated heterocycles. The summed E-state index contributed by atoms with van der Waals surface area (Å²) >= 11 is 3.96. The number of thiol groups is 1. The average molecular weight is 501 g/mol. The summed E-state index contributed by atoms with van der Waals surface area (Å²) in [5, 5.41) is 43.5. The molecule has 0 aliphatic heterocycles. The predicted octanol–water partition coefficient (Wildman–Crippen LogP) is -2.41. The molecule has 4 unspecified atom stereocenters. The number of amides is 3. The van der Waals surface area contributed by atoms with Crippen molar-refractivity contribution in [3.05, 3.63) is 29.8 Å². The number of aliphatic hydroxyl groups is 1. The Morgan fingerprint density at radius 1 is 0.882 bits per heavy atom. The van der Waals surface area contributed by atoms with Crippen molar-refractivity contribution in [3.8, 4) is 5.75 Å². The molecule has 0 heterocycles. The molecule has 0 spiro atoms. The smallest absolute Gasteiger partial charge is 0.326 e. The summed E-state index contributed by atoms with van der Waals surface area (Å²) in [6, 6.07) is 0.232. The maximum Gasteiger partial charge on any atom is 0.326 e. The summed E-state index contributed by atoms with van der Waals surface area (Å²) in [4.78, 5) is 59.8. The Hall–Kier alpha value is -3.36. The lowest BCUT2D eigenvalue weighted by Crippen LogP contribution is -2.58. The largest absolute Gasteiger partial charge is 0.508 e. The summed E-state index contributed by atoms with van der Waals surface area (Å²) in [5.74, 6) is -5.53. The number of nitrogens with one attached hydrogen (secondary N) is 3. The summed E-state index contributed by atoms with van der Waals surface area (Å²) < 4.78 is 0. The highest BCUT2D eigenvalue weighted by molar-refractivity contribution is 7.80. The van der Waals surface area contributed by atoms with Crippen LogP contribution in [0.4, 0.5) is 0 Å². The third kappa shape index (κ3) is 9.64. The van der Waals surface area contributed by atoms with Gasteiger partial charge in [-0.2, -0.15) is 12.6 Å². The van der Waals surface area contributed by atoms with Crippen molar-refractivity contribution in [2.45, 2.75) is 43.4 Å². The molecule has 9 N–H and O–H groups in total. The Morgan fingerprint density at radius 3 is 1.91 bits per heavy atom. The Labute approximate surface area is 200 Å². The molecule has 14 heteroatoms. The molecule has 0 fully saturated rings. The molecule has 188 valence electrons. The van der Waals surface area contributed by atoms with Gasteiger partial charge in [-0.3, -0.25) is 19.2 Å². The highest BCUT2D eigenvalue weighted by Crippen LogP contribution is 2.12. The van der Waals surface area contributed by atoms with Crippen LogP contribution >= 0.6 is 12.6 Å². The maximum absolute atomic E-state index is 12.8. The number of carbonyl (C=O) groups is 5. The second-order valence-electron chi connectivity index (χ2n) is 7.30. The SMILES string of the molecule is NC(CO)C(=O)NC(CS)C(=O)NC(CCC(=O)O)C(=O)NC(Cc1ccc(O)cc1)C(=O)O. The Kier molecular flexibility index (Phi) is 11.8. The Morgan fingerprint density at radius 2 is 1.41 bits per heavy atom. The lowest BCUT2D eigenvalue weighted by molar-refractivity contribution is -0.143. The van der Waals surface area contributed by atoms with Crippen LogP contribution < -0.4 is 21.7 Å². The van der Waals surface area contributed by atoms with Crippen molar-refractivity contribution in [2.75, 3.05) is 12.4 Å². The summed E-state index contributed by atoms with van der Waals surface area (Å²) in [6.07, 6.45) is -1.02. The van der Waals surface area contributed by atoms with Crippen molar-refractivity contribution in [1.82, 2.24) is 16.0 Å². The number of carboxylic acid groups (broad SMARTS) is 2. The van der Waals surface area contributed by atoms with Gasteiger partial charge in [0, 0.05) is 18.6 Å². The van der Waals surface area contributed by atoms with Crippen molar-refractivity contribution >= 4 is 42.3 Å². The van der Waals surface area contributed by atoms with E-state index in [0.717, 1.165) is 0 Å². The number of hydrogen-bond acceptors (Lipinski definition) is 9. The van der Waals surface area contributed by atoms with E-state index in [9.17, 15) is 34.2 Å². The zero-order valence-electron chi connectivity index (χ0n) is 18.0. The number of hydrogen-bond donors (Lipinski definition) is 9. The lowest BCUT2D eigenvalue weighted by Gasteiger charge is -2.24. The first-order chi connectivity index (χ1) is 16.0. The molecule has 34 heavy (non-hydrogen) atoms. The number of carbonyl (C=O) groups excluding carboxylic acids is 3. The third-order valence-corrected chi connectivity index (χ3v) is 4.98. The highest BCUT2D eigenvalue weighted by Gasteiger charge is 2.30. The molecular formula is C20H28N4O9S. The van der Waals surface area contributed by atoms with Crippen LogP contribution in [0.5, 0.6) is 5.75 Å². The van der Waals surface area contributed by atoms with Gasteiger partial charge in [0.1, 0.15) is 29.9 Å². The molecule has 0 aliphatic carbocycles. The predicted molar refractivity (Wildman–Crippen MR) is 121 cm³/mol. The van der Waals surface area contributed by atoms with Crippen LogP contribution in [0.15, 0.2) is 24.3 Å². The van der Waals surface area contributed by atoms with Crippen molar-refractivity contribution < 1.29 is 44.4 Å². The van der Waals surface area contributed by atoms with E-state index >= 15 is 0 Å². The van der Waals surface area contributed by atoms with Gasteiger partial charge >= 0.3 is 11.9 Å². The second kappa shape index (κ2) is 14.0. The van der Waals surface area contributed by atoms with Crippen LogP contribution in [0.1, 0.15) is 18.4 Å². The van der Waals surface area contributed by atoms with Gasteiger partial charge in [0.15, 0.2) is 0 Å². The zero-order chi connectivity index (χ0) is 25.8. The normalized spacial score (nSPS) is 14.2. The van der Waals surface area contributed by atoms with Crippen molar-refractivity contribution in [3.63, 3.8) is 0 Å². The van der Waals surface area contributed by atoms with Gasteiger partial charge in [0.2, 0.25) is 17.7 Å². The molecule has 0 saturated carbocycles. The van der Waals surface area contributed by atoms with E-state index in [1.807, 2.05) is 0 Å². The highest BCUT2D eigenvalue weighted by atomic mass is 32.1. The van der Waals surface area contributed by atoms with Gasteiger partial charge in [-0.1, -0.05) is 12.1 Å². The quantitative estimate of drug-likeness (QED) is 0.123. The fourth-order valence-corrected chi connectivity index (χ4v) is 2.96. The Balaban J connectivity index is 2.95. The number of rotatable bonds is 14. The number of benzene rings is 1. The second-order valence-corrected chi connectivity index (χ2v) is 7.66. The van der Waals surface area contributed by atoms with Gasteiger partial charge in [-0.15, -0.1) is 0 Å². The number of aliphatic carboxylic acids is 2. The third-order valence-electron chi connectivity index (χ3n) is 4.62. The molecule has 0 aliphatic rings. The van der Waals surface area contributed by atoms with Gasteiger partial charge in [-0.05, 0) is 24.1 Å². The van der Waals surface area contributed by atoms with E-state index < -0.39 is 66.9 Å². The van der Waals surface area contributed by atoms with Crippen LogP contribution in [0.3, 0.4) is 0 Å². The van der Waals surface area contributed by atoms with Gasteiger partial charge in [0.25, 0.3) is 0 Å². The number of phenolic OH excluding ortho intramolecular Hbond substituents is 1. The maximum atomic E-state index is 12.8. The number of phenols is 1. The van der Waals surface area contributed by atoms with E-state index in [1.165, 1.54) is 24.3 Å². The number of nitrogens with two attached hydrogens (primary N) is 1. The van der Waals surface area contributed by atoms with E-state index in [1.54, 1.807) is 0 Å². The molecule has 0 bridgehead atoms. The number of carboxylic acids is 2. The van der Waals surface area contributed by atoms with Gasteiger partial charge < -0.3 is 42.1 Å². The van der Waals surface area contributed by atoms with Crippen LogP contribution in [0.25, 0.3) is 0 Å². The van der Waals surface area contributed by atoms with Crippen molar-refractivity contribution in [1.29, 1.82) is 0 Å². The standard InChI is InChI=1S/C20H28N4O9S/c21-12(8-25)17(29)24-15(9-34)19(31)22-13(5-6-16(27)28)18(30)23-14(20(32)33)7-10-1-3-11(26)4-2-10/h1-4,12-15,25-26,34H,5-9,21H2,(H,22,31)(H,23,30)(H,24,29)(H,27,28)(H,32,33). The van der Waals surface area contributed by atoms with E-state index in [0.29, 0.717) is 5.56 Å². The van der Waals surface area contributed by atoms with E-state index in [-0.39, 0.29) is 24.3 Å². The van der Waals surface area contributed by atoms with Crippen LogP contribution in [0, 0.1) is 0 Å². The average Bonchev–Trinajstić information content (AvgIpc) is 2.79. The summed E-state index contributed by atoms with van der Waals surface area (Å²) in [7, 11) is 0. The van der Waals surface area contributed by atoms with E-state index in [2.05, 4.69) is 28.6 Å². The Bertz CT molecular complexity index is 881. The monoisotopic (exact) mass is 500 g/mol. The summed E-state index contributed by atoms with van der Waals surface area (Å²) in [6.45, 7) is -0.673. The molecule has 1 rings (SSSR count). The molecule has 3 amide bonds. The minimum absolute atomic E-state index is 0.0260. The summed E-state index contributed by atoms with van der Waals surface area (Å²) in [5.41, 5.74) is 5.88. The minimum Gasteiger partial charge on any atom is -0.508 e. The fraction of sp³-hybridized carbons (Fsp3) is 0.450. The molecule has 4 atom stereocenters. The van der Waals surface area contributed by atoms with Crippen LogP contribution in [0.2, 0.25) is 0 Å². The van der Waals surface area contributed by atoms with Crippen LogP contribution in [-0.2, 0) is 30.4 Å². The topological polar surface area (TPSA) is 228 Å². The first kappa shape index (κ1) is 28.7. The molecule has 1 aromatic carbocycles. The van der Waals surface area contributed by atoms with Gasteiger partial charge in [-0.25, -0.2) is 4.79 Å². The first-order valence-corrected chi connectivity index (χ1v) is 10.7. The number of aromatic hydroxyl groups is 1.